The highest BCUT2D eigenvalue weighted by molar-refractivity contribution is 5.82. The molecule has 0 unspecified atom stereocenters. The third-order valence-electron chi connectivity index (χ3n) is 7.99. The Balaban J connectivity index is 1.66. The summed E-state index contributed by atoms with van der Waals surface area (Å²) in [6.45, 7) is 8.76. The molecular formula is C40H38N2. The summed E-state index contributed by atoms with van der Waals surface area (Å²) in [5.41, 5.74) is 11.5. The summed E-state index contributed by atoms with van der Waals surface area (Å²) in [6, 6.07) is 46.1. The minimum atomic E-state index is -0.582. The second-order valence-electron chi connectivity index (χ2n) is 11.5. The van der Waals surface area contributed by atoms with Gasteiger partial charge in [-0.25, -0.2) is 0 Å². The second-order valence-corrected chi connectivity index (χ2v) is 11.5. The highest BCUT2D eigenvalue weighted by atomic mass is 15.4. The normalized spacial score (nSPS) is 13.9. The van der Waals surface area contributed by atoms with E-state index in [1.54, 1.807) is 0 Å². The molecule has 0 heterocycles. The first-order valence-corrected chi connectivity index (χ1v) is 14.7. The fourth-order valence-corrected chi connectivity index (χ4v) is 6.40. The zero-order valence-corrected chi connectivity index (χ0v) is 25.0. The van der Waals surface area contributed by atoms with E-state index in [2.05, 4.69) is 183 Å². The molecule has 1 aliphatic carbocycles. The summed E-state index contributed by atoms with van der Waals surface area (Å²) in [4.78, 5) is 5.07. The Hall–Kier alpha value is -4.82. The molecule has 0 bridgehead atoms. The monoisotopic (exact) mass is 546 g/mol. The first-order chi connectivity index (χ1) is 20.4. The van der Waals surface area contributed by atoms with Gasteiger partial charge in [0.05, 0.1) is 0 Å². The van der Waals surface area contributed by atoms with Crippen molar-refractivity contribution in [3.8, 4) is 0 Å². The predicted octanol–water partition coefficient (Wildman–Crippen LogP) is 10.6. The van der Waals surface area contributed by atoms with Crippen LogP contribution in [-0.4, -0.2) is 5.66 Å². The van der Waals surface area contributed by atoms with Crippen molar-refractivity contribution in [2.75, 3.05) is 9.80 Å². The van der Waals surface area contributed by atoms with Crippen molar-refractivity contribution >= 4 is 28.3 Å². The molecule has 6 rings (SSSR count). The number of benzene rings is 5. The molecule has 1 aliphatic rings. The van der Waals surface area contributed by atoms with Crippen molar-refractivity contribution in [2.24, 2.45) is 0 Å². The Morgan fingerprint density at radius 1 is 0.476 bits per heavy atom. The highest BCUT2D eigenvalue weighted by Gasteiger charge is 2.43. The Kier molecular flexibility index (Phi) is 7.54. The molecule has 0 amide bonds. The van der Waals surface area contributed by atoms with E-state index in [1.165, 1.54) is 44.8 Å². The lowest BCUT2D eigenvalue weighted by atomic mass is 9.88. The van der Waals surface area contributed by atoms with Crippen molar-refractivity contribution in [3.05, 3.63) is 173 Å². The van der Waals surface area contributed by atoms with Gasteiger partial charge in [0.1, 0.15) is 5.66 Å². The number of para-hydroxylation sites is 2. The number of anilines is 4. The van der Waals surface area contributed by atoms with Gasteiger partial charge in [0.2, 0.25) is 0 Å². The number of allylic oxidation sites excluding steroid dienone is 2. The number of hydrogen-bond acceptors (Lipinski definition) is 2. The molecule has 0 N–H and O–H groups in total. The number of aryl methyl sites for hydroxylation is 4. The van der Waals surface area contributed by atoms with Crippen molar-refractivity contribution in [1.29, 1.82) is 0 Å². The van der Waals surface area contributed by atoms with Crippen LogP contribution in [-0.2, 0) is 0 Å². The molecule has 0 fully saturated rings. The molecule has 0 aliphatic heterocycles. The lowest BCUT2D eigenvalue weighted by Crippen LogP contribution is -2.57. The van der Waals surface area contributed by atoms with E-state index in [0.717, 1.165) is 17.8 Å². The summed E-state index contributed by atoms with van der Waals surface area (Å²) in [5, 5.41) is 0. The summed E-state index contributed by atoms with van der Waals surface area (Å²) in [7, 11) is 0. The third kappa shape index (κ3) is 5.41. The highest BCUT2D eigenvalue weighted by Crippen LogP contribution is 2.47. The number of hydrogen-bond donors (Lipinski definition) is 0. The Morgan fingerprint density at radius 2 is 0.881 bits per heavy atom. The molecule has 5 aromatic carbocycles. The number of nitrogens with zero attached hydrogens (tertiary/aromatic N) is 2. The molecule has 2 heteroatoms. The third-order valence-corrected chi connectivity index (χ3v) is 7.99. The lowest BCUT2D eigenvalue weighted by molar-refractivity contribution is 0.526. The van der Waals surface area contributed by atoms with Gasteiger partial charge < -0.3 is 9.80 Å². The van der Waals surface area contributed by atoms with Crippen LogP contribution in [0.15, 0.2) is 146 Å². The molecule has 0 saturated heterocycles. The van der Waals surface area contributed by atoms with Crippen molar-refractivity contribution in [2.45, 2.75) is 39.8 Å². The van der Waals surface area contributed by atoms with Crippen LogP contribution in [0.25, 0.3) is 5.57 Å². The predicted molar refractivity (Wildman–Crippen MR) is 180 cm³/mol. The standard InChI is InChI=1S/C40H38N2/c1-30-24-31(2)27-38(26-30)41(36-16-10-6-11-17-36)40(22-20-35(21-23-40)34-14-8-5-9-15-34)42(37-18-12-7-13-19-37)39-28-32(3)25-33(4)29-39/h5-22,24-29H,23H2,1-4H3. The summed E-state index contributed by atoms with van der Waals surface area (Å²) >= 11 is 0. The van der Waals surface area contributed by atoms with E-state index in [-0.39, 0.29) is 0 Å². The first kappa shape index (κ1) is 27.4. The maximum absolute atomic E-state index is 2.53. The van der Waals surface area contributed by atoms with Crippen LogP contribution in [0.4, 0.5) is 22.7 Å². The van der Waals surface area contributed by atoms with E-state index in [9.17, 15) is 0 Å². The minimum absolute atomic E-state index is 0.582. The maximum atomic E-state index is 2.53. The van der Waals surface area contributed by atoms with Gasteiger partial charge in [-0.2, -0.15) is 0 Å². The molecule has 208 valence electrons. The van der Waals surface area contributed by atoms with E-state index in [4.69, 9.17) is 0 Å². The molecule has 42 heavy (non-hydrogen) atoms. The fourth-order valence-electron chi connectivity index (χ4n) is 6.40. The van der Waals surface area contributed by atoms with Crippen LogP contribution >= 0.6 is 0 Å². The van der Waals surface area contributed by atoms with Crippen molar-refractivity contribution in [1.82, 2.24) is 0 Å². The average Bonchev–Trinajstić information content (AvgIpc) is 2.98. The zero-order valence-electron chi connectivity index (χ0n) is 25.0. The maximum Gasteiger partial charge on any atom is 0.145 e. The molecular weight excluding hydrogens is 508 g/mol. The minimum Gasteiger partial charge on any atom is -0.314 e. The van der Waals surface area contributed by atoms with Gasteiger partial charge in [-0.15, -0.1) is 0 Å². The average molecular weight is 547 g/mol. The fraction of sp³-hybridized carbons (Fsp3) is 0.150. The van der Waals surface area contributed by atoms with Crippen LogP contribution in [0.5, 0.6) is 0 Å². The van der Waals surface area contributed by atoms with Gasteiger partial charge in [-0.1, -0.05) is 91.0 Å². The van der Waals surface area contributed by atoms with Crippen molar-refractivity contribution < 1.29 is 0 Å². The van der Waals surface area contributed by atoms with Crippen LogP contribution < -0.4 is 9.80 Å². The Morgan fingerprint density at radius 3 is 1.26 bits per heavy atom. The van der Waals surface area contributed by atoms with Gasteiger partial charge in [0, 0.05) is 29.2 Å². The smallest absolute Gasteiger partial charge is 0.145 e. The van der Waals surface area contributed by atoms with E-state index >= 15 is 0 Å². The van der Waals surface area contributed by atoms with Gasteiger partial charge in [0.15, 0.2) is 0 Å². The van der Waals surface area contributed by atoms with Gasteiger partial charge in [-0.3, -0.25) is 0 Å². The Bertz CT molecular complexity index is 1600. The SMILES string of the molecule is Cc1cc(C)cc(N(c2ccccc2)C2(N(c3ccccc3)c3cc(C)cc(C)c3)C=CC(c3ccccc3)=CC2)c1. The van der Waals surface area contributed by atoms with Crippen molar-refractivity contribution in [3.63, 3.8) is 0 Å². The van der Waals surface area contributed by atoms with E-state index in [0.29, 0.717) is 0 Å². The zero-order chi connectivity index (χ0) is 29.1. The second kappa shape index (κ2) is 11.6. The van der Waals surface area contributed by atoms with Gasteiger partial charge >= 0.3 is 0 Å². The van der Waals surface area contributed by atoms with E-state index in [1.807, 2.05) is 0 Å². The van der Waals surface area contributed by atoms with Crippen LogP contribution in [0, 0.1) is 27.7 Å². The number of rotatable bonds is 7. The molecule has 0 atom stereocenters. The molecule has 0 aromatic heterocycles. The van der Waals surface area contributed by atoms with Crippen LogP contribution in [0.1, 0.15) is 34.2 Å². The summed E-state index contributed by atoms with van der Waals surface area (Å²) in [5.74, 6) is 0. The molecule has 0 spiro atoms. The molecule has 2 nitrogen and oxygen atoms in total. The Labute approximate surface area is 250 Å². The summed E-state index contributed by atoms with van der Waals surface area (Å²) < 4.78 is 0. The van der Waals surface area contributed by atoms with Gasteiger partial charge in [0.25, 0.3) is 0 Å². The first-order valence-electron chi connectivity index (χ1n) is 14.7. The van der Waals surface area contributed by atoms with E-state index < -0.39 is 5.66 Å². The summed E-state index contributed by atoms with van der Waals surface area (Å²) in [6.07, 6.45) is 7.92. The molecule has 5 aromatic rings. The topological polar surface area (TPSA) is 6.48 Å². The van der Waals surface area contributed by atoms with Crippen LogP contribution in [0.3, 0.4) is 0 Å². The molecule has 0 radical (unpaired) electrons. The molecule has 0 saturated carbocycles. The lowest BCUT2D eigenvalue weighted by Gasteiger charge is -2.52. The van der Waals surface area contributed by atoms with Gasteiger partial charge in [-0.05, 0) is 116 Å². The van der Waals surface area contributed by atoms with Crippen LogP contribution in [0.2, 0.25) is 0 Å². The quantitative estimate of drug-likeness (QED) is 0.187. The largest absolute Gasteiger partial charge is 0.314 e.